The summed E-state index contributed by atoms with van der Waals surface area (Å²) in [5.74, 6) is -0.00621. The quantitative estimate of drug-likeness (QED) is 0.558. The van der Waals surface area contributed by atoms with E-state index < -0.39 is 0 Å². The summed E-state index contributed by atoms with van der Waals surface area (Å²) in [7, 11) is 0. The van der Waals surface area contributed by atoms with E-state index in [1.807, 2.05) is 77.7 Å². The van der Waals surface area contributed by atoms with Crippen LogP contribution in [-0.2, 0) is 17.6 Å². The maximum absolute atomic E-state index is 12.9. The largest absolute Gasteiger partial charge is 0.337 e. The molecule has 29 heavy (non-hydrogen) atoms. The molecule has 3 aromatic rings. The second-order valence-electron chi connectivity index (χ2n) is 7.21. The average Bonchev–Trinajstić information content (AvgIpc) is 2.77. The van der Waals surface area contributed by atoms with Crippen molar-refractivity contribution in [1.82, 2.24) is 4.90 Å². The highest BCUT2D eigenvalue weighted by Crippen LogP contribution is 2.08. The zero-order valence-electron chi connectivity index (χ0n) is 16.7. The van der Waals surface area contributed by atoms with Crippen LogP contribution in [0.15, 0.2) is 97.1 Å². The molecule has 0 aliphatic heterocycles. The summed E-state index contributed by atoms with van der Waals surface area (Å²) in [5.41, 5.74) is 9.82. The van der Waals surface area contributed by atoms with Gasteiger partial charge < -0.3 is 10.6 Å². The van der Waals surface area contributed by atoms with Crippen LogP contribution in [0, 0.1) is 0 Å². The lowest BCUT2D eigenvalue weighted by molar-refractivity contribution is -0.126. The number of carbonyl (C=O) groups is 1. The first-order valence-electron chi connectivity index (χ1n) is 10.1. The number of nitrogens with zero attached hydrogens (tertiary/aromatic N) is 1. The van der Waals surface area contributed by atoms with Crippen molar-refractivity contribution in [2.45, 2.75) is 18.9 Å². The minimum atomic E-state index is -0.109. The minimum Gasteiger partial charge on any atom is -0.337 e. The van der Waals surface area contributed by atoms with Gasteiger partial charge >= 0.3 is 0 Å². The van der Waals surface area contributed by atoms with Crippen molar-refractivity contribution < 1.29 is 4.79 Å². The van der Waals surface area contributed by atoms with E-state index in [1.54, 1.807) is 6.08 Å². The average molecular weight is 385 g/mol. The van der Waals surface area contributed by atoms with Crippen LogP contribution < -0.4 is 5.73 Å². The SMILES string of the molecule is N[C@@H](Cc1ccccc1)CN(CCc1ccccc1)C(=O)/C=C/c1ccccc1. The van der Waals surface area contributed by atoms with Crippen molar-refractivity contribution in [3.8, 4) is 0 Å². The molecular formula is C26H28N2O. The Morgan fingerprint density at radius 1 is 0.828 bits per heavy atom. The Labute approximate surface area is 173 Å². The van der Waals surface area contributed by atoms with Crippen molar-refractivity contribution in [2.75, 3.05) is 13.1 Å². The molecule has 2 N–H and O–H groups in total. The van der Waals surface area contributed by atoms with Crippen molar-refractivity contribution in [3.63, 3.8) is 0 Å². The van der Waals surface area contributed by atoms with Crippen LogP contribution in [0.3, 0.4) is 0 Å². The molecule has 1 amide bonds. The molecule has 0 spiro atoms. The summed E-state index contributed by atoms with van der Waals surface area (Å²) in [5, 5.41) is 0. The van der Waals surface area contributed by atoms with Gasteiger partial charge in [0, 0.05) is 25.2 Å². The van der Waals surface area contributed by atoms with Gasteiger partial charge in [0.2, 0.25) is 5.91 Å². The maximum atomic E-state index is 12.9. The van der Waals surface area contributed by atoms with E-state index in [0.717, 1.165) is 18.4 Å². The number of hydrogen-bond donors (Lipinski definition) is 1. The van der Waals surface area contributed by atoms with E-state index in [4.69, 9.17) is 5.73 Å². The van der Waals surface area contributed by atoms with Crippen molar-refractivity contribution in [1.29, 1.82) is 0 Å². The highest BCUT2D eigenvalue weighted by atomic mass is 16.2. The summed E-state index contributed by atoms with van der Waals surface area (Å²) in [6, 6.07) is 30.2. The first-order chi connectivity index (χ1) is 14.2. The highest BCUT2D eigenvalue weighted by molar-refractivity contribution is 5.91. The molecule has 3 rings (SSSR count). The number of nitrogens with two attached hydrogens (primary N) is 1. The summed E-state index contributed by atoms with van der Waals surface area (Å²) in [6.07, 6.45) is 5.07. The van der Waals surface area contributed by atoms with Gasteiger partial charge in [-0.25, -0.2) is 0 Å². The van der Waals surface area contributed by atoms with Gasteiger partial charge in [0.05, 0.1) is 0 Å². The van der Waals surface area contributed by atoms with Gasteiger partial charge in [-0.15, -0.1) is 0 Å². The number of carbonyl (C=O) groups excluding carboxylic acids is 1. The maximum Gasteiger partial charge on any atom is 0.246 e. The molecule has 0 saturated heterocycles. The van der Waals surface area contributed by atoms with Gasteiger partial charge in [-0.2, -0.15) is 0 Å². The molecule has 0 saturated carbocycles. The molecule has 0 aromatic heterocycles. The third-order valence-electron chi connectivity index (χ3n) is 4.84. The zero-order chi connectivity index (χ0) is 20.3. The van der Waals surface area contributed by atoms with Gasteiger partial charge in [0.25, 0.3) is 0 Å². The number of rotatable bonds is 9. The molecule has 0 aliphatic rings. The topological polar surface area (TPSA) is 46.3 Å². The molecule has 0 bridgehead atoms. The molecule has 148 valence electrons. The standard InChI is InChI=1S/C26H28N2O/c27-25(20-24-14-8-3-9-15-24)21-28(19-18-23-12-6-2-7-13-23)26(29)17-16-22-10-4-1-5-11-22/h1-17,25H,18-21,27H2/b17-16+/t25-/m0/s1. The molecule has 3 nitrogen and oxygen atoms in total. The van der Waals surface area contributed by atoms with E-state index in [2.05, 4.69) is 24.3 Å². The molecule has 3 heteroatoms. The van der Waals surface area contributed by atoms with Crippen molar-refractivity contribution in [3.05, 3.63) is 114 Å². The molecule has 3 aromatic carbocycles. The van der Waals surface area contributed by atoms with Crippen LogP contribution in [0.4, 0.5) is 0 Å². The smallest absolute Gasteiger partial charge is 0.246 e. The van der Waals surface area contributed by atoms with E-state index in [9.17, 15) is 4.79 Å². The van der Waals surface area contributed by atoms with Crippen molar-refractivity contribution in [2.24, 2.45) is 5.73 Å². The molecular weight excluding hydrogens is 356 g/mol. The second kappa shape index (κ2) is 11.0. The highest BCUT2D eigenvalue weighted by Gasteiger charge is 2.15. The van der Waals surface area contributed by atoms with Crippen LogP contribution in [-0.4, -0.2) is 29.9 Å². The van der Waals surface area contributed by atoms with Gasteiger partial charge in [0.1, 0.15) is 0 Å². The van der Waals surface area contributed by atoms with E-state index in [1.165, 1.54) is 11.1 Å². The molecule has 0 aliphatic carbocycles. The second-order valence-corrected chi connectivity index (χ2v) is 7.21. The van der Waals surface area contributed by atoms with Crippen LogP contribution in [0.2, 0.25) is 0 Å². The number of hydrogen-bond acceptors (Lipinski definition) is 2. The van der Waals surface area contributed by atoms with Crippen molar-refractivity contribution >= 4 is 12.0 Å². The third kappa shape index (κ3) is 7.05. The Hall–Kier alpha value is -3.17. The van der Waals surface area contributed by atoms with Crippen LogP contribution >= 0.6 is 0 Å². The van der Waals surface area contributed by atoms with Gasteiger partial charge in [-0.1, -0.05) is 91.0 Å². The third-order valence-corrected chi connectivity index (χ3v) is 4.84. The number of amides is 1. The molecule has 0 heterocycles. The molecule has 0 unspecified atom stereocenters. The fourth-order valence-corrected chi connectivity index (χ4v) is 3.30. The Bertz CT molecular complexity index is 892. The van der Waals surface area contributed by atoms with E-state index in [0.29, 0.717) is 13.1 Å². The summed E-state index contributed by atoms with van der Waals surface area (Å²) >= 11 is 0. The lowest BCUT2D eigenvalue weighted by Crippen LogP contribution is -2.42. The van der Waals surface area contributed by atoms with Crippen LogP contribution in [0.1, 0.15) is 16.7 Å². The lowest BCUT2D eigenvalue weighted by atomic mass is 10.1. The summed E-state index contributed by atoms with van der Waals surface area (Å²) in [4.78, 5) is 14.8. The predicted molar refractivity (Wildman–Crippen MR) is 120 cm³/mol. The summed E-state index contributed by atoms with van der Waals surface area (Å²) in [6.45, 7) is 1.17. The minimum absolute atomic E-state index is 0.00621. The first-order valence-corrected chi connectivity index (χ1v) is 10.1. The fourth-order valence-electron chi connectivity index (χ4n) is 3.30. The number of benzene rings is 3. The van der Waals surface area contributed by atoms with Gasteiger partial charge in [-0.3, -0.25) is 4.79 Å². The zero-order valence-corrected chi connectivity index (χ0v) is 16.7. The van der Waals surface area contributed by atoms with Gasteiger partial charge in [0.15, 0.2) is 0 Å². The lowest BCUT2D eigenvalue weighted by Gasteiger charge is -2.25. The van der Waals surface area contributed by atoms with Crippen LogP contribution in [0.25, 0.3) is 6.08 Å². The van der Waals surface area contributed by atoms with Crippen LogP contribution in [0.5, 0.6) is 0 Å². The Morgan fingerprint density at radius 3 is 2.00 bits per heavy atom. The Kier molecular flexibility index (Phi) is 7.79. The Balaban J connectivity index is 1.66. The molecule has 0 fully saturated rings. The molecule has 1 atom stereocenters. The predicted octanol–water partition coefficient (Wildman–Crippen LogP) is 4.34. The van der Waals surface area contributed by atoms with E-state index in [-0.39, 0.29) is 11.9 Å². The summed E-state index contributed by atoms with van der Waals surface area (Å²) < 4.78 is 0. The fraction of sp³-hybridized carbons (Fsp3) is 0.192. The van der Waals surface area contributed by atoms with E-state index >= 15 is 0 Å². The normalized spacial score (nSPS) is 12.0. The molecule has 0 radical (unpaired) electrons. The Morgan fingerprint density at radius 2 is 1.38 bits per heavy atom. The first kappa shape index (κ1) is 20.6. The monoisotopic (exact) mass is 384 g/mol. The van der Waals surface area contributed by atoms with Gasteiger partial charge in [-0.05, 0) is 35.6 Å².